The van der Waals surface area contributed by atoms with Crippen LogP contribution in [0.3, 0.4) is 0 Å². The molecule has 0 aliphatic heterocycles. The SMILES string of the molecule is C=Cc1c(C=C)n(C)c(=O)ccc1=O. The number of nitrogens with zero attached hydrogens (tertiary/aromatic N) is 1. The van der Waals surface area contributed by atoms with Crippen LogP contribution in [0.1, 0.15) is 11.3 Å². The van der Waals surface area contributed by atoms with Gasteiger partial charge in [0.05, 0.1) is 5.69 Å². The normalized spacial score (nSPS) is 9.50. The summed E-state index contributed by atoms with van der Waals surface area (Å²) in [4.78, 5) is 22.8. The Bertz CT molecular complexity index is 498. The fourth-order valence-corrected chi connectivity index (χ4v) is 1.23. The smallest absolute Gasteiger partial charge is 0.250 e. The van der Waals surface area contributed by atoms with Gasteiger partial charge in [-0.1, -0.05) is 19.2 Å². The third-order valence-corrected chi connectivity index (χ3v) is 2.01. The van der Waals surface area contributed by atoms with E-state index in [9.17, 15) is 9.59 Å². The maximum Gasteiger partial charge on any atom is 0.250 e. The molecule has 1 heterocycles. The first-order valence-electron chi connectivity index (χ1n) is 4.11. The average Bonchev–Trinajstić information content (AvgIpc) is 2.29. The molecule has 0 aromatic carbocycles. The number of hydrogen-bond donors (Lipinski definition) is 0. The molecule has 0 saturated heterocycles. The molecule has 1 aromatic rings. The quantitative estimate of drug-likeness (QED) is 0.697. The molecule has 0 aliphatic rings. The standard InChI is InChI=1S/C11H11NO2/c1-4-8-9(5-2)12(3)11(14)7-6-10(8)13/h4-7H,1-2H2,3H3. The second kappa shape index (κ2) is 3.87. The van der Waals surface area contributed by atoms with E-state index in [0.717, 1.165) is 0 Å². The number of hydrogen-bond acceptors (Lipinski definition) is 2. The molecule has 0 saturated carbocycles. The van der Waals surface area contributed by atoms with Crippen LogP contribution in [0.2, 0.25) is 0 Å². The third kappa shape index (κ3) is 1.57. The summed E-state index contributed by atoms with van der Waals surface area (Å²) in [5.74, 6) is 0. The lowest BCUT2D eigenvalue weighted by atomic mass is 10.2. The van der Waals surface area contributed by atoms with Gasteiger partial charge in [0.25, 0.3) is 5.56 Å². The fourth-order valence-electron chi connectivity index (χ4n) is 1.23. The van der Waals surface area contributed by atoms with Gasteiger partial charge in [0, 0.05) is 18.7 Å². The second-order valence-electron chi connectivity index (χ2n) is 2.80. The van der Waals surface area contributed by atoms with Crippen molar-refractivity contribution in [2.24, 2.45) is 7.05 Å². The maximum atomic E-state index is 11.5. The molecule has 0 atom stereocenters. The van der Waals surface area contributed by atoms with Gasteiger partial charge in [-0.05, 0) is 12.1 Å². The Labute approximate surface area is 81.6 Å². The summed E-state index contributed by atoms with van der Waals surface area (Å²) in [5, 5.41) is 0. The molecule has 14 heavy (non-hydrogen) atoms. The highest BCUT2D eigenvalue weighted by Gasteiger charge is 2.02. The molecule has 0 aliphatic carbocycles. The van der Waals surface area contributed by atoms with Gasteiger partial charge in [0.15, 0.2) is 5.43 Å². The molecule has 0 bridgehead atoms. The lowest BCUT2D eigenvalue weighted by molar-refractivity contribution is 0.856. The Morgan fingerprint density at radius 3 is 2.36 bits per heavy atom. The summed E-state index contributed by atoms with van der Waals surface area (Å²) in [5.41, 5.74) is 0.405. The zero-order valence-electron chi connectivity index (χ0n) is 7.99. The van der Waals surface area contributed by atoms with Gasteiger partial charge in [0.2, 0.25) is 0 Å². The van der Waals surface area contributed by atoms with Gasteiger partial charge in [-0.25, -0.2) is 0 Å². The van der Waals surface area contributed by atoms with E-state index in [1.807, 2.05) is 0 Å². The van der Waals surface area contributed by atoms with Crippen LogP contribution in [-0.4, -0.2) is 4.57 Å². The molecule has 72 valence electrons. The predicted molar refractivity (Wildman–Crippen MR) is 58.1 cm³/mol. The topological polar surface area (TPSA) is 39.1 Å². The van der Waals surface area contributed by atoms with Crippen LogP contribution >= 0.6 is 0 Å². The highest BCUT2D eigenvalue weighted by molar-refractivity contribution is 5.60. The lowest BCUT2D eigenvalue weighted by Crippen LogP contribution is -2.15. The first-order valence-corrected chi connectivity index (χ1v) is 4.11. The molecular formula is C11H11NO2. The van der Waals surface area contributed by atoms with Crippen molar-refractivity contribution >= 4 is 12.2 Å². The van der Waals surface area contributed by atoms with E-state index < -0.39 is 0 Å². The van der Waals surface area contributed by atoms with E-state index >= 15 is 0 Å². The Kier molecular flexibility index (Phi) is 2.82. The third-order valence-electron chi connectivity index (χ3n) is 2.01. The zero-order chi connectivity index (χ0) is 10.7. The molecule has 0 fully saturated rings. The van der Waals surface area contributed by atoms with E-state index in [1.165, 1.54) is 28.9 Å². The minimum atomic E-state index is -0.245. The van der Waals surface area contributed by atoms with Crippen molar-refractivity contribution in [2.75, 3.05) is 0 Å². The van der Waals surface area contributed by atoms with E-state index in [1.54, 1.807) is 7.05 Å². The summed E-state index contributed by atoms with van der Waals surface area (Å²) in [6.45, 7) is 7.10. The Hall–Kier alpha value is -1.90. The Morgan fingerprint density at radius 1 is 1.21 bits per heavy atom. The highest BCUT2D eigenvalue weighted by Crippen LogP contribution is 2.02. The maximum absolute atomic E-state index is 11.5. The van der Waals surface area contributed by atoms with Crippen molar-refractivity contribution < 1.29 is 0 Å². The van der Waals surface area contributed by atoms with Crippen LogP contribution < -0.4 is 11.0 Å². The summed E-state index contributed by atoms with van der Waals surface area (Å²) in [6.07, 6.45) is 2.90. The van der Waals surface area contributed by atoms with Crippen LogP contribution in [0.5, 0.6) is 0 Å². The Morgan fingerprint density at radius 2 is 1.86 bits per heavy atom. The van der Waals surface area contributed by atoms with Crippen molar-refractivity contribution in [1.29, 1.82) is 0 Å². The lowest BCUT2D eigenvalue weighted by Gasteiger charge is -2.00. The molecule has 0 unspecified atom stereocenters. The van der Waals surface area contributed by atoms with Gasteiger partial charge in [-0.3, -0.25) is 9.59 Å². The molecule has 0 radical (unpaired) electrons. The van der Waals surface area contributed by atoms with Gasteiger partial charge in [-0.2, -0.15) is 0 Å². The molecule has 0 amide bonds. The summed E-state index contributed by atoms with van der Waals surface area (Å²) in [7, 11) is 1.59. The van der Waals surface area contributed by atoms with Crippen LogP contribution in [0.4, 0.5) is 0 Å². The molecule has 0 spiro atoms. The molecular weight excluding hydrogens is 178 g/mol. The second-order valence-corrected chi connectivity index (χ2v) is 2.80. The first kappa shape index (κ1) is 10.2. The first-order chi connectivity index (χ1) is 6.61. The molecule has 0 N–H and O–H groups in total. The van der Waals surface area contributed by atoms with Crippen molar-refractivity contribution in [3.8, 4) is 0 Å². The fraction of sp³-hybridized carbons (Fsp3) is 0.0909. The van der Waals surface area contributed by atoms with E-state index in [0.29, 0.717) is 11.3 Å². The summed E-state index contributed by atoms with van der Waals surface area (Å²) in [6, 6.07) is 2.48. The Balaban J connectivity index is 3.94. The largest absolute Gasteiger partial charge is 0.311 e. The van der Waals surface area contributed by atoms with Gasteiger partial charge in [-0.15, -0.1) is 0 Å². The van der Waals surface area contributed by atoms with E-state index in [2.05, 4.69) is 13.2 Å². The van der Waals surface area contributed by atoms with Gasteiger partial charge < -0.3 is 4.57 Å². The van der Waals surface area contributed by atoms with Crippen molar-refractivity contribution in [3.05, 3.63) is 57.1 Å². The van der Waals surface area contributed by atoms with Crippen LogP contribution in [0.15, 0.2) is 34.9 Å². The van der Waals surface area contributed by atoms with E-state index in [4.69, 9.17) is 0 Å². The number of aromatic nitrogens is 1. The van der Waals surface area contributed by atoms with Crippen molar-refractivity contribution in [1.82, 2.24) is 4.57 Å². The van der Waals surface area contributed by atoms with Crippen LogP contribution in [-0.2, 0) is 7.05 Å². The summed E-state index contributed by atoms with van der Waals surface area (Å²) >= 11 is 0. The van der Waals surface area contributed by atoms with Crippen LogP contribution in [0, 0.1) is 0 Å². The molecule has 1 aromatic heterocycles. The minimum Gasteiger partial charge on any atom is -0.311 e. The van der Waals surface area contributed by atoms with Crippen molar-refractivity contribution in [3.63, 3.8) is 0 Å². The molecule has 3 heteroatoms. The minimum absolute atomic E-state index is 0.229. The monoisotopic (exact) mass is 189 g/mol. The zero-order valence-corrected chi connectivity index (χ0v) is 7.99. The molecule has 1 rings (SSSR count). The number of rotatable bonds is 2. The highest BCUT2D eigenvalue weighted by atomic mass is 16.1. The van der Waals surface area contributed by atoms with Crippen LogP contribution in [0.25, 0.3) is 12.2 Å². The van der Waals surface area contributed by atoms with E-state index in [-0.39, 0.29) is 11.0 Å². The van der Waals surface area contributed by atoms with Crippen molar-refractivity contribution in [2.45, 2.75) is 0 Å². The van der Waals surface area contributed by atoms with Gasteiger partial charge in [0.1, 0.15) is 0 Å². The predicted octanol–water partition coefficient (Wildman–Crippen LogP) is 1.03. The molecule has 3 nitrogen and oxygen atoms in total. The average molecular weight is 189 g/mol. The van der Waals surface area contributed by atoms with Gasteiger partial charge >= 0.3 is 0 Å². The summed E-state index contributed by atoms with van der Waals surface area (Å²) < 4.78 is 1.37.